The number of amides is 3. The highest BCUT2D eigenvalue weighted by atomic mass is 16.4. The molecule has 4 unspecified atom stereocenters. The van der Waals surface area contributed by atoms with Crippen LogP contribution in [-0.4, -0.2) is 76.3 Å². The van der Waals surface area contributed by atoms with E-state index in [1.807, 2.05) is 0 Å². The van der Waals surface area contributed by atoms with Gasteiger partial charge in [0.25, 0.3) is 0 Å². The van der Waals surface area contributed by atoms with Crippen molar-refractivity contribution in [2.24, 2.45) is 17.4 Å². The number of aliphatic carboxylic acids is 1. The second kappa shape index (κ2) is 14.9. The molecule has 0 spiro atoms. The van der Waals surface area contributed by atoms with E-state index in [0.717, 1.165) is 0 Å². The molecule has 0 aromatic heterocycles. The number of carboxylic acid groups (broad SMARTS) is 1. The van der Waals surface area contributed by atoms with Gasteiger partial charge >= 0.3 is 5.97 Å². The topological polar surface area (TPSA) is 217 Å². The third-order valence-electron chi connectivity index (χ3n) is 5.35. The lowest BCUT2D eigenvalue weighted by Crippen LogP contribution is -2.59. The van der Waals surface area contributed by atoms with Gasteiger partial charge in [-0.05, 0) is 55.8 Å². The first-order valence-electron chi connectivity index (χ1n) is 11.5. The Morgan fingerprint density at radius 1 is 0.914 bits per heavy atom. The number of hydrogen-bond donors (Lipinski definition) is 8. The number of phenolic OH excluding ortho intramolecular Hbond substituents is 1. The molecule has 10 N–H and O–H groups in total. The van der Waals surface area contributed by atoms with Gasteiger partial charge in [-0.15, -0.1) is 0 Å². The van der Waals surface area contributed by atoms with Crippen molar-refractivity contribution in [3.05, 3.63) is 29.8 Å². The van der Waals surface area contributed by atoms with Gasteiger partial charge in [-0.1, -0.05) is 26.0 Å². The van der Waals surface area contributed by atoms with Crippen LogP contribution < -0.4 is 27.4 Å². The van der Waals surface area contributed by atoms with E-state index in [1.165, 1.54) is 12.1 Å². The maximum atomic E-state index is 12.7. The fraction of sp³-hybridized carbons (Fsp3) is 0.565. The number of aromatic hydroxyl groups is 1. The van der Waals surface area contributed by atoms with Crippen molar-refractivity contribution in [3.8, 4) is 5.75 Å². The Morgan fingerprint density at radius 2 is 1.51 bits per heavy atom. The Hall–Kier alpha value is -3.22. The van der Waals surface area contributed by atoms with E-state index in [4.69, 9.17) is 11.5 Å². The van der Waals surface area contributed by atoms with Crippen LogP contribution in [-0.2, 0) is 25.6 Å². The van der Waals surface area contributed by atoms with Gasteiger partial charge in [0.2, 0.25) is 17.7 Å². The van der Waals surface area contributed by atoms with Gasteiger partial charge in [0.1, 0.15) is 23.9 Å². The maximum absolute atomic E-state index is 12.7. The number of nitrogens with one attached hydrogen (secondary N) is 3. The van der Waals surface area contributed by atoms with Gasteiger partial charge in [-0.25, -0.2) is 4.79 Å². The Morgan fingerprint density at radius 3 is 2.03 bits per heavy atom. The van der Waals surface area contributed by atoms with Crippen LogP contribution in [0.4, 0.5) is 0 Å². The second-order valence-electron chi connectivity index (χ2n) is 8.63. The Bertz CT molecular complexity index is 847. The van der Waals surface area contributed by atoms with E-state index in [-0.39, 0.29) is 18.6 Å². The summed E-state index contributed by atoms with van der Waals surface area (Å²) in [5.74, 6) is -3.75. The number of aliphatic hydroxyl groups is 1. The zero-order chi connectivity index (χ0) is 26.5. The lowest BCUT2D eigenvalue weighted by Gasteiger charge is -2.26. The number of carbonyl (C=O) groups excluding carboxylic acids is 3. The normalized spacial score (nSPS) is 14.5. The van der Waals surface area contributed by atoms with Gasteiger partial charge in [0, 0.05) is 0 Å². The molecule has 35 heavy (non-hydrogen) atoms. The molecule has 1 aromatic carbocycles. The minimum absolute atomic E-state index is 0.0674. The predicted molar refractivity (Wildman–Crippen MR) is 128 cm³/mol. The summed E-state index contributed by atoms with van der Waals surface area (Å²) in [5.41, 5.74) is 12.0. The van der Waals surface area contributed by atoms with Crippen LogP contribution in [0.1, 0.15) is 38.7 Å². The van der Waals surface area contributed by atoms with E-state index in [2.05, 4.69) is 16.0 Å². The predicted octanol–water partition coefficient (Wildman–Crippen LogP) is -1.42. The monoisotopic (exact) mass is 495 g/mol. The van der Waals surface area contributed by atoms with Gasteiger partial charge in [0.05, 0.1) is 12.6 Å². The number of benzene rings is 1. The van der Waals surface area contributed by atoms with E-state index in [0.29, 0.717) is 24.9 Å². The van der Waals surface area contributed by atoms with Gasteiger partial charge < -0.3 is 42.7 Å². The molecule has 1 aromatic rings. The molecule has 4 atom stereocenters. The van der Waals surface area contributed by atoms with Crippen LogP contribution >= 0.6 is 0 Å². The van der Waals surface area contributed by atoms with Crippen molar-refractivity contribution in [3.63, 3.8) is 0 Å². The average molecular weight is 496 g/mol. The van der Waals surface area contributed by atoms with E-state index in [9.17, 15) is 34.5 Å². The number of rotatable bonds is 15. The molecule has 0 aliphatic rings. The Kier molecular flexibility index (Phi) is 12.7. The molecule has 12 heteroatoms. The molecule has 196 valence electrons. The molecule has 0 fully saturated rings. The summed E-state index contributed by atoms with van der Waals surface area (Å²) >= 11 is 0. The third-order valence-corrected chi connectivity index (χ3v) is 5.35. The van der Waals surface area contributed by atoms with Gasteiger partial charge in [-0.3, -0.25) is 14.4 Å². The first-order chi connectivity index (χ1) is 16.5. The first kappa shape index (κ1) is 29.8. The quantitative estimate of drug-likeness (QED) is 0.134. The van der Waals surface area contributed by atoms with Crippen molar-refractivity contribution in [1.29, 1.82) is 0 Å². The number of aliphatic hydroxyl groups excluding tert-OH is 1. The first-order valence-corrected chi connectivity index (χ1v) is 11.5. The number of hydrogen-bond acceptors (Lipinski definition) is 8. The Balaban J connectivity index is 2.77. The maximum Gasteiger partial charge on any atom is 0.326 e. The molecule has 0 heterocycles. The van der Waals surface area contributed by atoms with Gasteiger partial charge in [-0.2, -0.15) is 0 Å². The molecule has 0 aliphatic carbocycles. The molecule has 1 rings (SSSR count). The fourth-order valence-electron chi connectivity index (χ4n) is 3.25. The van der Waals surface area contributed by atoms with Crippen molar-refractivity contribution >= 4 is 23.7 Å². The van der Waals surface area contributed by atoms with Crippen LogP contribution in [0.25, 0.3) is 0 Å². The van der Waals surface area contributed by atoms with Crippen molar-refractivity contribution in [1.82, 2.24) is 16.0 Å². The van der Waals surface area contributed by atoms with Gasteiger partial charge in [0.15, 0.2) is 0 Å². The summed E-state index contributed by atoms with van der Waals surface area (Å²) in [6.07, 6.45) is 1.43. The summed E-state index contributed by atoms with van der Waals surface area (Å²) in [7, 11) is 0. The zero-order valence-electron chi connectivity index (χ0n) is 20.1. The summed E-state index contributed by atoms with van der Waals surface area (Å²) in [6, 6.07) is 1.46. The van der Waals surface area contributed by atoms with Crippen LogP contribution in [0.2, 0.25) is 0 Å². The molecule has 3 amide bonds. The third kappa shape index (κ3) is 10.3. The molecule has 0 saturated carbocycles. The number of carboxylic acids is 1. The Labute approximate surface area is 204 Å². The lowest BCUT2D eigenvalue weighted by molar-refractivity contribution is -0.143. The highest BCUT2D eigenvalue weighted by Crippen LogP contribution is 2.11. The lowest BCUT2D eigenvalue weighted by atomic mass is 10.0. The fourth-order valence-corrected chi connectivity index (χ4v) is 3.25. The van der Waals surface area contributed by atoms with E-state index < -0.39 is 60.4 Å². The molecule has 0 saturated heterocycles. The molecule has 0 radical (unpaired) electrons. The number of phenols is 1. The minimum atomic E-state index is -1.37. The smallest absolute Gasteiger partial charge is 0.326 e. The highest BCUT2D eigenvalue weighted by Gasteiger charge is 2.31. The van der Waals surface area contributed by atoms with Crippen LogP contribution in [0.3, 0.4) is 0 Å². The number of nitrogens with two attached hydrogens (primary N) is 2. The highest BCUT2D eigenvalue weighted by molar-refractivity contribution is 5.94. The van der Waals surface area contributed by atoms with Crippen LogP contribution in [0, 0.1) is 5.92 Å². The molecule has 0 aliphatic heterocycles. The van der Waals surface area contributed by atoms with Crippen LogP contribution in [0.5, 0.6) is 5.75 Å². The van der Waals surface area contributed by atoms with Crippen molar-refractivity contribution < 1.29 is 34.5 Å². The largest absolute Gasteiger partial charge is 0.508 e. The minimum Gasteiger partial charge on any atom is -0.508 e. The molecule has 0 bridgehead atoms. The standard InChI is InChI=1S/C23H37N5O7/c1-13(2)19(22(33)26-17(23(34)35)5-3-4-10-24)28-21(32)18(12-29)27-20(31)16(25)11-14-6-8-15(30)9-7-14/h6-9,13,16-19,29-30H,3-5,10-12,24-25H2,1-2H3,(H,26,33)(H,27,31)(H,28,32)(H,34,35). The number of unbranched alkanes of at least 4 members (excludes halogenated alkanes) is 1. The molecular formula is C23H37N5O7. The average Bonchev–Trinajstić information content (AvgIpc) is 2.80. The molecule has 12 nitrogen and oxygen atoms in total. The van der Waals surface area contributed by atoms with Crippen molar-refractivity contribution in [2.45, 2.75) is 63.7 Å². The van der Waals surface area contributed by atoms with Crippen molar-refractivity contribution in [2.75, 3.05) is 13.2 Å². The summed E-state index contributed by atoms with van der Waals surface area (Å²) < 4.78 is 0. The summed E-state index contributed by atoms with van der Waals surface area (Å²) in [4.78, 5) is 49.4. The van der Waals surface area contributed by atoms with Crippen LogP contribution in [0.15, 0.2) is 24.3 Å². The summed E-state index contributed by atoms with van der Waals surface area (Å²) in [5, 5.41) is 35.6. The number of carbonyl (C=O) groups is 4. The zero-order valence-corrected chi connectivity index (χ0v) is 20.1. The second-order valence-corrected chi connectivity index (χ2v) is 8.63. The SMILES string of the molecule is CC(C)C(NC(=O)C(CO)NC(=O)C(N)Cc1ccc(O)cc1)C(=O)NC(CCCCN)C(=O)O. The van der Waals surface area contributed by atoms with E-state index in [1.54, 1.807) is 26.0 Å². The molecular weight excluding hydrogens is 458 g/mol. The van der Waals surface area contributed by atoms with E-state index >= 15 is 0 Å². The summed E-state index contributed by atoms with van der Waals surface area (Å²) in [6.45, 7) is 2.98.